The molecule has 0 aliphatic heterocycles. The summed E-state index contributed by atoms with van der Waals surface area (Å²) in [6, 6.07) is 1.72. The van der Waals surface area contributed by atoms with E-state index in [1.54, 1.807) is 6.07 Å². The molecule has 0 amide bonds. The highest BCUT2D eigenvalue weighted by Crippen LogP contribution is 2.37. The molecule has 0 radical (unpaired) electrons. The molecule has 1 unspecified atom stereocenters. The van der Waals surface area contributed by atoms with Gasteiger partial charge in [0, 0.05) is 4.88 Å². The lowest BCUT2D eigenvalue weighted by Crippen LogP contribution is -2.20. The third kappa shape index (κ3) is 2.17. The number of rotatable bonds is 4. The third-order valence-electron chi connectivity index (χ3n) is 3.12. The van der Waals surface area contributed by atoms with E-state index in [4.69, 9.17) is 0 Å². The van der Waals surface area contributed by atoms with E-state index < -0.39 is 0 Å². The minimum absolute atomic E-state index is 0.0479. The van der Waals surface area contributed by atoms with E-state index in [1.807, 2.05) is 6.92 Å². The summed E-state index contributed by atoms with van der Waals surface area (Å²) >= 11 is 1.27. The summed E-state index contributed by atoms with van der Waals surface area (Å²) in [6.45, 7) is 8.63. The molecular formula is C12H19FS. The maximum Gasteiger partial charge on any atom is 0.176 e. The molecule has 2 heteroatoms. The van der Waals surface area contributed by atoms with Crippen molar-refractivity contribution < 1.29 is 4.39 Å². The molecule has 0 N–H and O–H groups in total. The van der Waals surface area contributed by atoms with Crippen LogP contribution in [0.2, 0.25) is 0 Å². The average Bonchev–Trinajstić information content (AvgIpc) is 2.46. The van der Waals surface area contributed by atoms with Gasteiger partial charge in [0.25, 0.3) is 0 Å². The predicted octanol–water partition coefficient (Wildman–Crippen LogP) is 4.66. The highest BCUT2D eigenvalue weighted by molar-refractivity contribution is 7.10. The van der Waals surface area contributed by atoms with Crippen molar-refractivity contribution in [2.45, 2.75) is 52.4 Å². The van der Waals surface area contributed by atoms with Gasteiger partial charge in [0.2, 0.25) is 0 Å². The summed E-state index contributed by atoms with van der Waals surface area (Å²) in [7, 11) is 0. The van der Waals surface area contributed by atoms with E-state index in [0.29, 0.717) is 0 Å². The molecule has 0 aliphatic rings. The van der Waals surface area contributed by atoms with Gasteiger partial charge < -0.3 is 0 Å². The van der Waals surface area contributed by atoms with Crippen LogP contribution in [0.25, 0.3) is 0 Å². The molecule has 0 bridgehead atoms. The highest BCUT2D eigenvalue weighted by Gasteiger charge is 2.26. The second-order valence-electron chi connectivity index (χ2n) is 4.18. The van der Waals surface area contributed by atoms with Gasteiger partial charge in [0.1, 0.15) is 0 Å². The average molecular weight is 214 g/mol. The Morgan fingerprint density at radius 3 is 2.43 bits per heavy atom. The number of halogens is 1. The molecule has 14 heavy (non-hydrogen) atoms. The van der Waals surface area contributed by atoms with Crippen molar-refractivity contribution in [3.8, 4) is 0 Å². The predicted molar refractivity (Wildman–Crippen MR) is 61.6 cm³/mol. The molecule has 1 heterocycles. The van der Waals surface area contributed by atoms with E-state index in [9.17, 15) is 4.39 Å². The van der Waals surface area contributed by atoms with Crippen LogP contribution in [0.5, 0.6) is 0 Å². The fourth-order valence-electron chi connectivity index (χ4n) is 2.10. The highest BCUT2D eigenvalue weighted by atomic mass is 32.1. The maximum absolute atomic E-state index is 13.1. The lowest BCUT2D eigenvalue weighted by molar-refractivity contribution is 0.412. The Bertz CT molecular complexity index is 303. The minimum atomic E-state index is -0.0479. The second kappa shape index (κ2) is 4.43. The monoisotopic (exact) mass is 214 g/mol. The zero-order valence-electron chi connectivity index (χ0n) is 9.48. The lowest BCUT2D eigenvalue weighted by Gasteiger charge is -2.28. The lowest BCUT2D eigenvalue weighted by atomic mass is 9.77. The van der Waals surface area contributed by atoms with E-state index >= 15 is 0 Å². The molecule has 0 fully saturated rings. The largest absolute Gasteiger partial charge is 0.195 e. The summed E-state index contributed by atoms with van der Waals surface area (Å²) in [5.74, 6) is 0. The summed E-state index contributed by atoms with van der Waals surface area (Å²) in [4.78, 5) is 1.14. The van der Waals surface area contributed by atoms with Crippen LogP contribution in [0.3, 0.4) is 0 Å². The van der Waals surface area contributed by atoms with Crippen LogP contribution in [0.1, 0.15) is 50.5 Å². The van der Waals surface area contributed by atoms with E-state index in [2.05, 4.69) is 20.8 Å². The van der Waals surface area contributed by atoms with Crippen LogP contribution in [0, 0.1) is 12.1 Å². The first-order valence-corrected chi connectivity index (χ1v) is 6.11. The Kier molecular flexibility index (Phi) is 3.71. The van der Waals surface area contributed by atoms with Gasteiger partial charge in [-0.15, -0.1) is 11.3 Å². The van der Waals surface area contributed by atoms with Crippen molar-refractivity contribution in [3.63, 3.8) is 0 Å². The van der Waals surface area contributed by atoms with E-state index in [-0.39, 0.29) is 10.5 Å². The van der Waals surface area contributed by atoms with Gasteiger partial charge in [-0.05, 0) is 36.8 Å². The van der Waals surface area contributed by atoms with Crippen LogP contribution >= 0.6 is 11.3 Å². The molecule has 0 aliphatic carbocycles. The van der Waals surface area contributed by atoms with Crippen molar-refractivity contribution in [3.05, 3.63) is 21.6 Å². The van der Waals surface area contributed by atoms with Crippen LogP contribution in [0.4, 0.5) is 4.39 Å². The van der Waals surface area contributed by atoms with Crippen LogP contribution < -0.4 is 0 Å². The normalized spacial score (nSPS) is 15.5. The van der Waals surface area contributed by atoms with Gasteiger partial charge in [-0.2, -0.15) is 4.39 Å². The molecule has 0 aromatic carbocycles. The molecule has 0 saturated carbocycles. The van der Waals surface area contributed by atoms with Gasteiger partial charge in [-0.25, -0.2) is 0 Å². The first-order valence-electron chi connectivity index (χ1n) is 5.30. The molecular weight excluding hydrogens is 195 g/mol. The summed E-state index contributed by atoms with van der Waals surface area (Å²) in [6.07, 6.45) is 3.37. The fraction of sp³-hybridized carbons (Fsp3) is 0.667. The number of thiophene rings is 1. The first-order chi connectivity index (χ1) is 6.53. The first kappa shape index (κ1) is 11.7. The Morgan fingerprint density at radius 2 is 2.07 bits per heavy atom. The molecule has 1 aromatic heterocycles. The van der Waals surface area contributed by atoms with Gasteiger partial charge in [0.05, 0.1) is 0 Å². The van der Waals surface area contributed by atoms with Gasteiger partial charge >= 0.3 is 0 Å². The number of hydrogen-bond donors (Lipinski definition) is 0. The van der Waals surface area contributed by atoms with Gasteiger partial charge in [-0.1, -0.05) is 27.2 Å². The van der Waals surface area contributed by atoms with E-state index in [0.717, 1.165) is 24.1 Å². The zero-order chi connectivity index (χ0) is 10.8. The smallest absolute Gasteiger partial charge is 0.176 e. The zero-order valence-corrected chi connectivity index (χ0v) is 10.3. The molecule has 0 spiro atoms. The van der Waals surface area contributed by atoms with Crippen molar-refractivity contribution in [2.75, 3.05) is 0 Å². The Labute approximate surface area is 90.2 Å². The second-order valence-corrected chi connectivity index (χ2v) is 5.39. The van der Waals surface area contributed by atoms with Crippen LogP contribution in [0.15, 0.2) is 6.07 Å². The van der Waals surface area contributed by atoms with Crippen LogP contribution in [-0.4, -0.2) is 0 Å². The quantitative estimate of drug-likeness (QED) is 0.683. The number of aryl methyl sites for hydroxylation is 1. The fourth-order valence-corrected chi connectivity index (χ4v) is 2.98. The van der Waals surface area contributed by atoms with Crippen LogP contribution in [-0.2, 0) is 5.41 Å². The third-order valence-corrected chi connectivity index (χ3v) is 3.96. The van der Waals surface area contributed by atoms with Crippen molar-refractivity contribution in [1.82, 2.24) is 0 Å². The Balaban J connectivity index is 3.04. The summed E-state index contributed by atoms with van der Waals surface area (Å²) in [5.41, 5.74) is 1.38. The maximum atomic E-state index is 13.1. The molecule has 1 aromatic rings. The molecule has 1 rings (SSSR count). The van der Waals surface area contributed by atoms with Gasteiger partial charge in [0.15, 0.2) is 5.13 Å². The topological polar surface area (TPSA) is 0 Å². The van der Waals surface area contributed by atoms with E-state index in [1.165, 1.54) is 16.9 Å². The standard InChI is InChI=1S/C12H19FS/c1-5-7-12(4,6-2)10-8-11(13)14-9(10)3/h8H,5-7H2,1-4H3. The Hall–Kier alpha value is -0.370. The van der Waals surface area contributed by atoms with Crippen molar-refractivity contribution in [2.24, 2.45) is 0 Å². The summed E-state index contributed by atoms with van der Waals surface area (Å²) < 4.78 is 13.1. The summed E-state index contributed by atoms with van der Waals surface area (Å²) in [5, 5.41) is -0.0479. The molecule has 0 nitrogen and oxygen atoms in total. The molecule has 1 atom stereocenters. The minimum Gasteiger partial charge on any atom is -0.195 e. The molecule has 80 valence electrons. The van der Waals surface area contributed by atoms with Crippen molar-refractivity contribution >= 4 is 11.3 Å². The van der Waals surface area contributed by atoms with Gasteiger partial charge in [-0.3, -0.25) is 0 Å². The SMILES string of the molecule is CCCC(C)(CC)c1cc(F)sc1C. The Morgan fingerprint density at radius 1 is 1.43 bits per heavy atom. The number of hydrogen-bond acceptors (Lipinski definition) is 1. The molecule has 0 saturated heterocycles. The van der Waals surface area contributed by atoms with Crippen molar-refractivity contribution in [1.29, 1.82) is 0 Å².